The van der Waals surface area contributed by atoms with Crippen molar-refractivity contribution in [3.63, 3.8) is 0 Å². The topological polar surface area (TPSA) is 89.8 Å². The van der Waals surface area contributed by atoms with Gasteiger partial charge in [-0.1, -0.05) is 12.1 Å². The van der Waals surface area contributed by atoms with E-state index in [1.54, 1.807) is 32.4 Å². The molecule has 0 atom stereocenters. The number of nitriles is 1. The molecule has 0 aliphatic carbocycles. The fraction of sp³-hybridized carbons (Fsp3) is 0.214. The van der Waals surface area contributed by atoms with Gasteiger partial charge < -0.3 is 24.3 Å². The predicted molar refractivity (Wildman–Crippen MR) is 135 cm³/mol. The van der Waals surface area contributed by atoms with Crippen LogP contribution in [-0.4, -0.2) is 27.2 Å². The molecule has 0 spiro atoms. The number of nitrogens with zero attached hydrogens (tertiary/aromatic N) is 1. The quantitative estimate of drug-likeness (QED) is 0.329. The van der Waals surface area contributed by atoms with Crippen LogP contribution >= 0.6 is 0 Å². The molecule has 0 saturated heterocycles. The highest BCUT2D eigenvalue weighted by Crippen LogP contribution is 2.31. The smallest absolute Gasteiger partial charge is 0.266 e. The zero-order valence-electron chi connectivity index (χ0n) is 20.5. The van der Waals surface area contributed by atoms with E-state index in [1.165, 1.54) is 13.2 Å². The maximum absolute atomic E-state index is 12.7. The molecule has 3 aromatic carbocycles. The van der Waals surface area contributed by atoms with Gasteiger partial charge in [-0.05, 0) is 79.1 Å². The van der Waals surface area contributed by atoms with Gasteiger partial charge in [0, 0.05) is 11.3 Å². The molecule has 0 fully saturated rings. The van der Waals surface area contributed by atoms with Crippen LogP contribution in [0.3, 0.4) is 0 Å². The summed E-state index contributed by atoms with van der Waals surface area (Å²) in [6, 6.07) is 18.4. The summed E-state index contributed by atoms with van der Waals surface area (Å²) in [5.74, 6) is 1.86. The molecular formula is C28H28N2O5. The van der Waals surface area contributed by atoms with Gasteiger partial charge in [-0.3, -0.25) is 4.79 Å². The number of rotatable bonds is 9. The van der Waals surface area contributed by atoms with E-state index in [-0.39, 0.29) is 12.2 Å². The van der Waals surface area contributed by atoms with Crippen molar-refractivity contribution in [1.29, 1.82) is 5.26 Å². The molecule has 7 heteroatoms. The Bertz CT molecular complexity index is 1270. The first kappa shape index (κ1) is 25.2. The number of ether oxygens (including phenoxy) is 4. The van der Waals surface area contributed by atoms with E-state index in [0.717, 1.165) is 16.7 Å². The number of carbonyl (C=O) groups excluding carboxylic acids is 1. The van der Waals surface area contributed by atoms with Crippen molar-refractivity contribution < 1.29 is 23.7 Å². The highest BCUT2D eigenvalue weighted by Gasteiger charge is 2.13. The Morgan fingerprint density at radius 3 is 2.20 bits per heavy atom. The van der Waals surface area contributed by atoms with Gasteiger partial charge >= 0.3 is 0 Å². The molecule has 1 N–H and O–H groups in total. The van der Waals surface area contributed by atoms with Crippen LogP contribution in [0.15, 0.2) is 60.2 Å². The highest BCUT2D eigenvalue weighted by molar-refractivity contribution is 6.09. The number of amides is 1. The molecule has 0 aliphatic heterocycles. The average molecular weight is 473 g/mol. The number of methoxy groups -OCH3 is 3. The largest absolute Gasteiger partial charge is 0.497 e. The first-order chi connectivity index (χ1) is 16.9. The molecule has 0 aliphatic rings. The maximum atomic E-state index is 12.7. The van der Waals surface area contributed by atoms with Crippen LogP contribution < -0.4 is 24.3 Å². The summed E-state index contributed by atoms with van der Waals surface area (Å²) in [4.78, 5) is 12.7. The fourth-order valence-electron chi connectivity index (χ4n) is 3.60. The average Bonchev–Trinajstić information content (AvgIpc) is 2.85. The lowest BCUT2D eigenvalue weighted by molar-refractivity contribution is -0.112. The van der Waals surface area contributed by atoms with Gasteiger partial charge in [0.2, 0.25) is 0 Å². The van der Waals surface area contributed by atoms with Gasteiger partial charge in [0.05, 0.1) is 21.3 Å². The summed E-state index contributed by atoms with van der Waals surface area (Å²) in [5, 5.41) is 12.4. The van der Waals surface area contributed by atoms with Crippen LogP contribution in [0.2, 0.25) is 0 Å². The Labute approximate surface area is 205 Å². The first-order valence-corrected chi connectivity index (χ1v) is 10.9. The van der Waals surface area contributed by atoms with Crippen molar-refractivity contribution in [3.8, 4) is 29.1 Å². The van der Waals surface area contributed by atoms with Crippen molar-refractivity contribution in [2.75, 3.05) is 26.6 Å². The Balaban J connectivity index is 1.79. The standard InChI is InChI=1S/C28H28N2O5/c1-18-10-19(2)12-23(11-18)30-28(31)21(16-29)13-20-6-8-26(27(14-20)34-5)35-17-22-15-24(32-3)7-9-25(22)33-4/h6-15H,17H2,1-5H3,(H,30,31)/b21-13+. The summed E-state index contributed by atoms with van der Waals surface area (Å²) in [5.41, 5.74) is 4.10. The van der Waals surface area contributed by atoms with Crippen molar-refractivity contribution in [2.45, 2.75) is 20.5 Å². The Morgan fingerprint density at radius 2 is 1.57 bits per heavy atom. The molecule has 3 aromatic rings. The molecule has 0 unspecified atom stereocenters. The summed E-state index contributed by atoms with van der Waals surface area (Å²) < 4.78 is 22.1. The second-order valence-corrected chi connectivity index (χ2v) is 7.88. The SMILES string of the molecule is COc1ccc(OC)c(COc2ccc(/C=C(\C#N)C(=O)Nc3cc(C)cc(C)c3)cc2OC)c1. The lowest BCUT2D eigenvalue weighted by atomic mass is 10.1. The lowest BCUT2D eigenvalue weighted by Crippen LogP contribution is -2.13. The Hall–Kier alpha value is -4.44. The maximum Gasteiger partial charge on any atom is 0.266 e. The van der Waals surface area contributed by atoms with Gasteiger partial charge in [0.1, 0.15) is 29.7 Å². The summed E-state index contributed by atoms with van der Waals surface area (Å²) in [6.45, 7) is 4.13. The van der Waals surface area contributed by atoms with Crippen molar-refractivity contribution >= 4 is 17.7 Å². The molecule has 0 heterocycles. The van der Waals surface area contributed by atoms with E-state index in [9.17, 15) is 10.1 Å². The molecular weight excluding hydrogens is 444 g/mol. The van der Waals surface area contributed by atoms with E-state index < -0.39 is 5.91 Å². The van der Waals surface area contributed by atoms with Crippen LogP contribution in [0.1, 0.15) is 22.3 Å². The fourth-order valence-corrected chi connectivity index (χ4v) is 3.60. The third-order valence-electron chi connectivity index (χ3n) is 5.21. The van der Waals surface area contributed by atoms with E-state index in [4.69, 9.17) is 18.9 Å². The van der Waals surface area contributed by atoms with E-state index >= 15 is 0 Å². The van der Waals surface area contributed by atoms with Gasteiger partial charge in [-0.2, -0.15) is 5.26 Å². The molecule has 0 saturated carbocycles. The second-order valence-electron chi connectivity index (χ2n) is 7.88. The van der Waals surface area contributed by atoms with Crippen molar-refractivity contribution in [1.82, 2.24) is 0 Å². The molecule has 0 radical (unpaired) electrons. The number of anilines is 1. The zero-order valence-corrected chi connectivity index (χ0v) is 20.5. The van der Waals surface area contributed by atoms with Crippen LogP contribution in [0.4, 0.5) is 5.69 Å². The van der Waals surface area contributed by atoms with Crippen LogP contribution in [0.5, 0.6) is 23.0 Å². The first-order valence-electron chi connectivity index (χ1n) is 10.9. The number of hydrogen-bond acceptors (Lipinski definition) is 6. The number of hydrogen-bond donors (Lipinski definition) is 1. The number of benzene rings is 3. The second kappa shape index (κ2) is 11.6. The van der Waals surface area contributed by atoms with Gasteiger partial charge in [0.15, 0.2) is 11.5 Å². The number of nitrogens with one attached hydrogen (secondary N) is 1. The summed E-state index contributed by atoms with van der Waals surface area (Å²) >= 11 is 0. The molecule has 180 valence electrons. The number of carbonyl (C=O) groups is 1. The minimum absolute atomic E-state index is 0.0269. The van der Waals surface area contributed by atoms with Gasteiger partial charge in [-0.15, -0.1) is 0 Å². The molecule has 35 heavy (non-hydrogen) atoms. The van der Waals surface area contributed by atoms with Gasteiger partial charge in [-0.25, -0.2) is 0 Å². The van der Waals surface area contributed by atoms with Crippen LogP contribution in [0.25, 0.3) is 6.08 Å². The van der Waals surface area contributed by atoms with E-state index in [2.05, 4.69) is 5.32 Å². The summed E-state index contributed by atoms with van der Waals surface area (Å²) in [6.07, 6.45) is 1.51. The summed E-state index contributed by atoms with van der Waals surface area (Å²) in [7, 11) is 4.72. The van der Waals surface area contributed by atoms with Gasteiger partial charge in [0.25, 0.3) is 5.91 Å². The van der Waals surface area contributed by atoms with Crippen molar-refractivity contribution in [3.05, 3.63) is 82.4 Å². The van der Waals surface area contributed by atoms with Crippen molar-refractivity contribution in [2.24, 2.45) is 0 Å². The normalized spacial score (nSPS) is 10.8. The third-order valence-corrected chi connectivity index (χ3v) is 5.21. The molecule has 7 nitrogen and oxygen atoms in total. The van der Waals surface area contributed by atoms with Crippen LogP contribution in [-0.2, 0) is 11.4 Å². The molecule has 0 bridgehead atoms. The highest BCUT2D eigenvalue weighted by atomic mass is 16.5. The molecule has 3 rings (SSSR count). The minimum Gasteiger partial charge on any atom is -0.497 e. The van der Waals surface area contributed by atoms with E-state index in [1.807, 2.05) is 56.3 Å². The van der Waals surface area contributed by atoms with Crippen LogP contribution in [0, 0.1) is 25.2 Å². The minimum atomic E-state index is -0.484. The third kappa shape index (κ3) is 6.55. The number of aryl methyl sites for hydroxylation is 2. The monoisotopic (exact) mass is 472 g/mol. The Kier molecular flexibility index (Phi) is 8.36. The van der Waals surface area contributed by atoms with E-state index in [0.29, 0.717) is 34.2 Å². The predicted octanol–water partition coefficient (Wildman–Crippen LogP) is 5.45. The lowest BCUT2D eigenvalue weighted by Gasteiger charge is -2.14. The Morgan fingerprint density at radius 1 is 0.886 bits per heavy atom. The zero-order chi connectivity index (χ0) is 25.4. The molecule has 0 aromatic heterocycles. The molecule has 1 amide bonds.